The van der Waals surface area contributed by atoms with Crippen molar-refractivity contribution >= 4 is 0 Å². The molecule has 0 aliphatic rings. The second-order valence-electron chi connectivity index (χ2n) is 5.08. The van der Waals surface area contributed by atoms with Crippen LogP contribution >= 0.6 is 0 Å². The predicted molar refractivity (Wildman–Crippen MR) is 82.4 cm³/mol. The van der Waals surface area contributed by atoms with Gasteiger partial charge in [0.2, 0.25) is 0 Å². The summed E-state index contributed by atoms with van der Waals surface area (Å²) in [4.78, 5) is 12.5. The van der Waals surface area contributed by atoms with Gasteiger partial charge in [0, 0.05) is 17.2 Å². The van der Waals surface area contributed by atoms with E-state index in [4.69, 9.17) is 10.00 Å². The van der Waals surface area contributed by atoms with Crippen molar-refractivity contribution in [2.45, 2.75) is 26.3 Å². The van der Waals surface area contributed by atoms with Crippen LogP contribution in [-0.2, 0) is 6.42 Å². The number of pyridine rings is 1. The van der Waals surface area contributed by atoms with Crippen LogP contribution in [0.1, 0.15) is 25.5 Å². The van der Waals surface area contributed by atoms with Crippen LogP contribution in [0, 0.1) is 11.3 Å². The minimum Gasteiger partial charge on any atom is -0.497 e. The minimum atomic E-state index is -0.105. The molecule has 1 heterocycles. The largest absolute Gasteiger partial charge is 0.497 e. The molecule has 0 amide bonds. The number of aromatic nitrogens is 1. The van der Waals surface area contributed by atoms with Crippen molar-refractivity contribution in [1.29, 1.82) is 5.26 Å². The van der Waals surface area contributed by atoms with Crippen LogP contribution in [-0.4, -0.2) is 11.7 Å². The first-order chi connectivity index (χ1) is 10.1. The molecule has 0 radical (unpaired) electrons. The molecule has 21 heavy (non-hydrogen) atoms. The van der Waals surface area contributed by atoms with Crippen LogP contribution in [0.25, 0.3) is 11.3 Å². The standard InChI is InChI=1S/C17H18N2O2/c1-12(2)19-16(8-7-13(9-10-18)17(19)20)14-5-4-6-15(11-14)21-3/h4-8,11-12H,9H2,1-3H3. The summed E-state index contributed by atoms with van der Waals surface area (Å²) in [6.07, 6.45) is 0.129. The average molecular weight is 282 g/mol. The molecule has 0 aliphatic heterocycles. The summed E-state index contributed by atoms with van der Waals surface area (Å²) >= 11 is 0. The van der Waals surface area contributed by atoms with Crippen molar-refractivity contribution < 1.29 is 4.74 Å². The van der Waals surface area contributed by atoms with Crippen molar-refractivity contribution in [2.24, 2.45) is 0 Å². The lowest BCUT2D eigenvalue weighted by atomic mass is 10.1. The average Bonchev–Trinajstić information content (AvgIpc) is 2.49. The zero-order chi connectivity index (χ0) is 15.4. The number of ether oxygens (including phenoxy) is 1. The molecular formula is C17H18N2O2. The summed E-state index contributed by atoms with van der Waals surface area (Å²) in [7, 11) is 1.62. The number of hydrogen-bond donors (Lipinski definition) is 0. The number of benzene rings is 1. The number of nitriles is 1. The molecule has 4 nitrogen and oxygen atoms in total. The number of hydrogen-bond acceptors (Lipinski definition) is 3. The van der Waals surface area contributed by atoms with Gasteiger partial charge in [0.25, 0.3) is 5.56 Å². The lowest BCUT2D eigenvalue weighted by molar-refractivity contribution is 0.415. The van der Waals surface area contributed by atoms with E-state index in [1.807, 2.05) is 50.2 Å². The van der Waals surface area contributed by atoms with Crippen molar-refractivity contribution in [2.75, 3.05) is 7.11 Å². The van der Waals surface area contributed by atoms with Crippen LogP contribution < -0.4 is 10.3 Å². The van der Waals surface area contributed by atoms with Gasteiger partial charge in [-0.2, -0.15) is 5.26 Å². The topological polar surface area (TPSA) is 55.0 Å². The van der Waals surface area contributed by atoms with Gasteiger partial charge < -0.3 is 9.30 Å². The van der Waals surface area contributed by atoms with Crippen LogP contribution in [0.2, 0.25) is 0 Å². The van der Waals surface area contributed by atoms with E-state index in [9.17, 15) is 4.79 Å². The molecule has 108 valence electrons. The Morgan fingerprint density at radius 1 is 1.29 bits per heavy atom. The Labute approximate surface area is 124 Å². The molecule has 0 saturated heterocycles. The first kappa shape index (κ1) is 14.9. The number of rotatable bonds is 4. The normalized spacial score (nSPS) is 10.4. The molecule has 0 unspecified atom stereocenters. The highest BCUT2D eigenvalue weighted by molar-refractivity contribution is 5.62. The van der Waals surface area contributed by atoms with E-state index in [2.05, 4.69) is 0 Å². The summed E-state index contributed by atoms with van der Waals surface area (Å²) < 4.78 is 6.96. The molecule has 0 bridgehead atoms. The molecule has 0 fully saturated rings. The minimum absolute atomic E-state index is 0.0114. The quantitative estimate of drug-likeness (QED) is 0.865. The zero-order valence-corrected chi connectivity index (χ0v) is 12.5. The van der Waals surface area contributed by atoms with E-state index in [-0.39, 0.29) is 18.0 Å². The third-order valence-electron chi connectivity index (χ3n) is 3.35. The maximum absolute atomic E-state index is 12.5. The summed E-state index contributed by atoms with van der Waals surface area (Å²) in [6.45, 7) is 3.92. The van der Waals surface area contributed by atoms with E-state index in [1.54, 1.807) is 17.7 Å². The smallest absolute Gasteiger partial charge is 0.255 e. The third-order valence-corrected chi connectivity index (χ3v) is 3.35. The molecule has 2 rings (SSSR count). The van der Waals surface area contributed by atoms with Crippen molar-refractivity contribution in [3.8, 4) is 23.1 Å². The van der Waals surface area contributed by atoms with Gasteiger partial charge in [-0.25, -0.2) is 0 Å². The van der Waals surface area contributed by atoms with Gasteiger partial charge in [-0.3, -0.25) is 4.79 Å². The molecular weight excluding hydrogens is 264 g/mol. The van der Waals surface area contributed by atoms with Gasteiger partial charge in [0.15, 0.2) is 0 Å². The second-order valence-corrected chi connectivity index (χ2v) is 5.08. The van der Waals surface area contributed by atoms with E-state index >= 15 is 0 Å². The van der Waals surface area contributed by atoms with Gasteiger partial charge in [-0.05, 0) is 32.0 Å². The number of nitrogens with zero attached hydrogens (tertiary/aromatic N) is 2. The highest BCUT2D eigenvalue weighted by atomic mass is 16.5. The van der Waals surface area contributed by atoms with Crippen LogP contribution in [0.15, 0.2) is 41.2 Å². The van der Waals surface area contributed by atoms with Crippen molar-refractivity contribution in [3.05, 3.63) is 52.3 Å². The molecule has 2 aromatic rings. The van der Waals surface area contributed by atoms with Crippen molar-refractivity contribution in [3.63, 3.8) is 0 Å². The number of methoxy groups -OCH3 is 1. The first-order valence-electron chi connectivity index (χ1n) is 6.84. The summed E-state index contributed by atoms with van der Waals surface area (Å²) in [5.41, 5.74) is 2.17. The van der Waals surface area contributed by atoms with E-state index < -0.39 is 0 Å². The van der Waals surface area contributed by atoms with Gasteiger partial charge in [0.05, 0.1) is 25.3 Å². The molecule has 0 N–H and O–H groups in total. The maximum atomic E-state index is 12.5. The zero-order valence-electron chi connectivity index (χ0n) is 12.5. The Kier molecular flexibility index (Phi) is 4.44. The Bertz CT molecular complexity index is 739. The summed E-state index contributed by atoms with van der Waals surface area (Å²) in [5, 5.41) is 8.81. The van der Waals surface area contributed by atoms with Crippen LogP contribution in [0.4, 0.5) is 0 Å². The van der Waals surface area contributed by atoms with Gasteiger partial charge in [0.1, 0.15) is 5.75 Å². The molecule has 0 atom stereocenters. The molecule has 0 spiro atoms. The van der Waals surface area contributed by atoms with Crippen LogP contribution in [0.5, 0.6) is 5.75 Å². The molecule has 1 aromatic heterocycles. The molecule has 4 heteroatoms. The SMILES string of the molecule is COc1cccc(-c2ccc(CC#N)c(=O)n2C(C)C)c1. The lowest BCUT2D eigenvalue weighted by Gasteiger charge is -2.18. The monoisotopic (exact) mass is 282 g/mol. The fraction of sp³-hybridized carbons (Fsp3) is 0.294. The van der Waals surface area contributed by atoms with Gasteiger partial charge in [-0.15, -0.1) is 0 Å². The third kappa shape index (κ3) is 2.97. The highest BCUT2D eigenvalue weighted by Crippen LogP contribution is 2.25. The predicted octanol–water partition coefficient (Wildman–Crippen LogP) is 3.17. The summed E-state index contributed by atoms with van der Waals surface area (Å²) in [6, 6.07) is 13.3. The van der Waals surface area contributed by atoms with E-state index in [0.717, 1.165) is 17.0 Å². The summed E-state index contributed by atoms with van der Waals surface area (Å²) in [5.74, 6) is 0.747. The highest BCUT2D eigenvalue weighted by Gasteiger charge is 2.13. The van der Waals surface area contributed by atoms with Crippen LogP contribution in [0.3, 0.4) is 0 Å². The molecule has 0 saturated carbocycles. The van der Waals surface area contributed by atoms with E-state index in [1.165, 1.54) is 0 Å². The second kappa shape index (κ2) is 6.27. The molecule has 0 aliphatic carbocycles. The maximum Gasteiger partial charge on any atom is 0.255 e. The Balaban J connectivity index is 2.66. The fourth-order valence-corrected chi connectivity index (χ4v) is 2.35. The van der Waals surface area contributed by atoms with Gasteiger partial charge >= 0.3 is 0 Å². The van der Waals surface area contributed by atoms with Gasteiger partial charge in [-0.1, -0.05) is 18.2 Å². The Morgan fingerprint density at radius 2 is 2.05 bits per heavy atom. The molecule has 1 aromatic carbocycles. The Morgan fingerprint density at radius 3 is 2.67 bits per heavy atom. The first-order valence-corrected chi connectivity index (χ1v) is 6.84. The fourth-order valence-electron chi connectivity index (χ4n) is 2.35. The van der Waals surface area contributed by atoms with E-state index in [0.29, 0.717) is 5.56 Å². The Hall–Kier alpha value is -2.54. The van der Waals surface area contributed by atoms with Crippen molar-refractivity contribution in [1.82, 2.24) is 4.57 Å². The lowest BCUT2D eigenvalue weighted by Crippen LogP contribution is -2.26.